The third kappa shape index (κ3) is 2.92. The van der Waals surface area contributed by atoms with Crippen LogP contribution in [0.3, 0.4) is 0 Å². The fourth-order valence-electron chi connectivity index (χ4n) is 5.53. The number of rotatable bonds is 4. The molecule has 0 aromatic rings. The average molecular weight is 306 g/mol. The minimum Gasteiger partial charge on any atom is -0.396 e. The van der Waals surface area contributed by atoms with Gasteiger partial charge in [0.1, 0.15) is 0 Å². The van der Waals surface area contributed by atoms with E-state index in [9.17, 15) is 10.2 Å². The number of hydrogen-bond acceptors (Lipinski definition) is 2. The van der Waals surface area contributed by atoms with Gasteiger partial charge in [0.15, 0.2) is 0 Å². The van der Waals surface area contributed by atoms with Crippen molar-refractivity contribution in [2.24, 2.45) is 22.7 Å². The van der Waals surface area contributed by atoms with Crippen LogP contribution in [-0.4, -0.2) is 22.4 Å². The van der Waals surface area contributed by atoms with Gasteiger partial charge in [-0.1, -0.05) is 44.6 Å². The topological polar surface area (TPSA) is 40.5 Å². The molecule has 2 nitrogen and oxygen atoms in total. The number of hydrogen-bond donors (Lipinski definition) is 2. The SMILES string of the molecule is C=C/C(C)=C/C[C@@H]1[C@@]2(C)CCC[C@@](C)(CO)[C@@H]2CC[C@@]1(C)O. The van der Waals surface area contributed by atoms with Gasteiger partial charge < -0.3 is 10.2 Å². The molecule has 0 amide bonds. The molecule has 2 saturated carbocycles. The molecule has 0 aromatic carbocycles. The third-order valence-corrected chi connectivity index (χ3v) is 6.95. The van der Waals surface area contributed by atoms with Crippen LogP contribution in [0.25, 0.3) is 0 Å². The van der Waals surface area contributed by atoms with Gasteiger partial charge in [-0.3, -0.25) is 0 Å². The van der Waals surface area contributed by atoms with Crippen molar-refractivity contribution >= 4 is 0 Å². The normalized spacial score (nSPS) is 46.2. The predicted molar refractivity (Wildman–Crippen MR) is 92.6 cm³/mol. The maximum atomic E-state index is 11.0. The molecule has 2 heteroatoms. The monoisotopic (exact) mass is 306 g/mol. The lowest BCUT2D eigenvalue weighted by atomic mass is 9.45. The Morgan fingerprint density at radius 2 is 1.91 bits per heavy atom. The zero-order valence-electron chi connectivity index (χ0n) is 14.9. The fourth-order valence-corrected chi connectivity index (χ4v) is 5.53. The van der Waals surface area contributed by atoms with Crippen molar-refractivity contribution in [3.63, 3.8) is 0 Å². The Morgan fingerprint density at radius 3 is 2.50 bits per heavy atom. The van der Waals surface area contributed by atoms with Crippen molar-refractivity contribution in [3.8, 4) is 0 Å². The van der Waals surface area contributed by atoms with Crippen molar-refractivity contribution in [2.45, 2.75) is 71.8 Å². The van der Waals surface area contributed by atoms with Gasteiger partial charge in [0.05, 0.1) is 5.60 Å². The first-order valence-corrected chi connectivity index (χ1v) is 8.82. The maximum absolute atomic E-state index is 11.0. The van der Waals surface area contributed by atoms with Crippen LogP contribution in [0.5, 0.6) is 0 Å². The van der Waals surface area contributed by atoms with Gasteiger partial charge in [-0.2, -0.15) is 0 Å². The third-order valence-electron chi connectivity index (χ3n) is 6.95. The van der Waals surface area contributed by atoms with E-state index in [1.807, 2.05) is 13.0 Å². The summed E-state index contributed by atoms with van der Waals surface area (Å²) in [5.74, 6) is 0.751. The van der Waals surface area contributed by atoms with Gasteiger partial charge in [0, 0.05) is 6.61 Å². The Balaban J connectivity index is 2.36. The van der Waals surface area contributed by atoms with Crippen LogP contribution in [0.4, 0.5) is 0 Å². The molecule has 0 spiro atoms. The molecule has 126 valence electrons. The van der Waals surface area contributed by atoms with Crippen LogP contribution < -0.4 is 0 Å². The van der Waals surface area contributed by atoms with Crippen LogP contribution >= 0.6 is 0 Å². The highest BCUT2D eigenvalue weighted by Crippen LogP contribution is 2.62. The Labute approximate surface area is 136 Å². The summed E-state index contributed by atoms with van der Waals surface area (Å²) in [6.45, 7) is 12.8. The molecule has 0 heterocycles. The summed E-state index contributed by atoms with van der Waals surface area (Å²) in [7, 11) is 0. The molecule has 2 rings (SSSR count). The zero-order chi connectivity index (χ0) is 16.6. The standard InChI is InChI=1S/C20H34O2/c1-6-15(2)8-9-17-19(4)12-7-11-18(3,14-21)16(19)10-13-20(17,5)22/h6,8,16-17,21-22H,1,7,9-14H2,2-5H3/b15-8+/t16-,17+,18-,19-,20+/m0/s1. The Hall–Kier alpha value is -0.600. The van der Waals surface area contributed by atoms with E-state index in [2.05, 4.69) is 33.4 Å². The molecule has 0 bridgehead atoms. The Morgan fingerprint density at radius 1 is 1.23 bits per heavy atom. The van der Waals surface area contributed by atoms with Crippen molar-refractivity contribution in [1.29, 1.82) is 0 Å². The minimum atomic E-state index is -0.614. The lowest BCUT2D eigenvalue weighted by Crippen LogP contribution is -2.58. The van der Waals surface area contributed by atoms with Gasteiger partial charge in [-0.15, -0.1) is 0 Å². The molecular formula is C20H34O2. The van der Waals surface area contributed by atoms with Crippen LogP contribution in [0.2, 0.25) is 0 Å². The molecule has 2 N–H and O–H groups in total. The minimum absolute atomic E-state index is 0.0128. The van der Waals surface area contributed by atoms with Gasteiger partial charge in [-0.05, 0) is 68.6 Å². The smallest absolute Gasteiger partial charge is 0.0656 e. The molecule has 2 aliphatic carbocycles. The van der Waals surface area contributed by atoms with E-state index < -0.39 is 5.60 Å². The zero-order valence-corrected chi connectivity index (χ0v) is 14.9. The van der Waals surface area contributed by atoms with E-state index in [1.54, 1.807) is 0 Å². The second-order valence-corrected chi connectivity index (χ2v) is 8.56. The summed E-state index contributed by atoms with van der Waals surface area (Å²) in [6.07, 6.45) is 10.3. The highest BCUT2D eigenvalue weighted by atomic mass is 16.3. The summed E-state index contributed by atoms with van der Waals surface area (Å²) in [4.78, 5) is 0. The van der Waals surface area contributed by atoms with Crippen LogP contribution in [0.1, 0.15) is 66.2 Å². The molecule has 0 unspecified atom stereocenters. The lowest BCUT2D eigenvalue weighted by molar-refractivity contribution is -0.176. The quantitative estimate of drug-likeness (QED) is 0.752. The first-order chi connectivity index (χ1) is 10.2. The average Bonchev–Trinajstić information content (AvgIpc) is 2.45. The number of allylic oxidation sites excluding steroid dienone is 3. The molecule has 0 radical (unpaired) electrons. The summed E-state index contributed by atoms with van der Waals surface area (Å²) >= 11 is 0. The number of aliphatic hydroxyl groups excluding tert-OH is 1. The maximum Gasteiger partial charge on any atom is 0.0656 e. The van der Waals surface area contributed by atoms with Crippen LogP contribution in [-0.2, 0) is 0 Å². The van der Waals surface area contributed by atoms with Crippen molar-refractivity contribution in [2.75, 3.05) is 6.61 Å². The largest absolute Gasteiger partial charge is 0.396 e. The van der Waals surface area contributed by atoms with Gasteiger partial charge in [0.2, 0.25) is 0 Å². The van der Waals surface area contributed by atoms with Gasteiger partial charge >= 0.3 is 0 Å². The van der Waals surface area contributed by atoms with Gasteiger partial charge in [-0.25, -0.2) is 0 Å². The van der Waals surface area contributed by atoms with E-state index >= 15 is 0 Å². The molecule has 2 fully saturated rings. The molecule has 0 aliphatic heterocycles. The molecule has 0 aromatic heterocycles. The van der Waals surface area contributed by atoms with Crippen molar-refractivity contribution in [3.05, 3.63) is 24.3 Å². The molecule has 5 atom stereocenters. The first-order valence-electron chi connectivity index (χ1n) is 8.82. The van der Waals surface area contributed by atoms with E-state index in [1.165, 1.54) is 5.57 Å². The summed E-state index contributed by atoms with van der Waals surface area (Å²) < 4.78 is 0. The first kappa shape index (κ1) is 17.7. The number of aliphatic hydroxyl groups is 2. The van der Waals surface area contributed by atoms with Crippen molar-refractivity contribution in [1.82, 2.24) is 0 Å². The lowest BCUT2D eigenvalue weighted by Gasteiger charge is -2.61. The molecule has 2 aliphatic rings. The van der Waals surface area contributed by atoms with Crippen LogP contribution in [0, 0.1) is 22.7 Å². The second-order valence-electron chi connectivity index (χ2n) is 8.56. The van der Waals surface area contributed by atoms with E-state index in [0.29, 0.717) is 5.92 Å². The van der Waals surface area contributed by atoms with E-state index in [0.717, 1.165) is 38.5 Å². The van der Waals surface area contributed by atoms with Crippen molar-refractivity contribution < 1.29 is 10.2 Å². The molecular weight excluding hydrogens is 272 g/mol. The summed E-state index contributed by atoms with van der Waals surface area (Å²) in [5.41, 5.74) is 0.688. The second kappa shape index (κ2) is 6.13. The van der Waals surface area contributed by atoms with Gasteiger partial charge in [0.25, 0.3) is 0 Å². The molecule has 22 heavy (non-hydrogen) atoms. The Kier molecular flexibility index (Phi) is 4.94. The summed E-state index contributed by atoms with van der Waals surface area (Å²) in [5, 5.41) is 21.0. The Bertz CT molecular complexity index is 451. The van der Waals surface area contributed by atoms with E-state index in [4.69, 9.17) is 0 Å². The fraction of sp³-hybridized carbons (Fsp3) is 0.800. The highest BCUT2D eigenvalue weighted by molar-refractivity contribution is 5.16. The van der Waals surface area contributed by atoms with E-state index in [-0.39, 0.29) is 23.4 Å². The molecule has 0 saturated heterocycles. The predicted octanol–water partition coefficient (Wildman–Crippen LogP) is 4.47. The highest BCUT2D eigenvalue weighted by Gasteiger charge is 2.58. The summed E-state index contributed by atoms with van der Waals surface area (Å²) in [6, 6.07) is 0. The van der Waals surface area contributed by atoms with Crippen LogP contribution in [0.15, 0.2) is 24.3 Å². The number of fused-ring (bicyclic) bond motifs is 1.